The van der Waals surface area contributed by atoms with E-state index in [1.165, 1.54) is 42.5 Å². The number of nitriles is 2. The molecule has 6 nitrogen and oxygen atoms in total. The second kappa shape index (κ2) is 11.6. The molecular weight excluding hydrogens is 604 g/mol. The third-order valence-corrected chi connectivity index (χ3v) is 6.26. The first-order valence-corrected chi connectivity index (χ1v) is 11.7. The number of alkyl halides is 7. The average molecular weight is 617 g/mol. The highest BCUT2D eigenvalue weighted by Crippen LogP contribution is 2.54. The van der Waals surface area contributed by atoms with Crippen molar-refractivity contribution in [3.63, 3.8) is 0 Å². The first-order valence-electron chi connectivity index (χ1n) is 11.0. The van der Waals surface area contributed by atoms with Crippen molar-refractivity contribution in [3.05, 3.63) is 98.0 Å². The summed E-state index contributed by atoms with van der Waals surface area (Å²) in [7, 11) is 0. The SMILES string of the molecule is N#Cc1ccc(C(=O)NCc2cc(C(=O)Nc3c(Cl)cc(C(F)(C(F)(F)F)C(F)(F)F)cc3Cl)ccc2C#N)cc1. The molecule has 0 heterocycles. The van der Waals surface area contributed by atoms with Crippen LogP contribution in [0.3, 0.4) is 0 Å². The number of carbonyl (C=O) groups is 2. The fraction of sp³-hybridized carbons (Fsp3) is 0.154. The molecule has 0 aliphatic heterocycles. The minimum Gasteiger partial charge on any atom is -0.348 e. The van der Waals surface area contributed by atoms with Crippen molar-refractivity contribution < 1.29 is 40.3 Å². The number of halogens is 9. The summed E-state index contributed by atoms with van der Waals surface area (Å²) in [5.74, 6) is -1.56. The molecule has 41 heavy (non-hydrogen) atoms. The normalized spacial score (nSPS) is 11.8. The number of anilines is 1. The lowest BCUT2D eigenvalue weighted by Crippen LogP contribution is -2.50. The van der Waals surface area contributed by atoms with E-state index in [0.717, 1.165) is 0 Å². The lowest BCUT2D eigenvalue weighted by Gasteiger charge is -2.30. The van der Waals surface area contributed by atoms with E-state index >= 15 is 0 Å². The Morgan fingerprint density at radius 3 is 1.78 bits per heavy atom. The summed E-state index contributed by atoms with van der Waals surface area (Å²) in [6, 6.07) is 13.1. The Morgan fingerprint density at radius 1 is 0.756 bits per heavy atom. The van der Waals surface area contributed by atoms with Gasteiger partial charge in [-0.3, -0.25) is 9.59 Å². The highest BCUT2D eigenvalue weighted by atomic mass is 35.5. The summed E-state index contributed by atoms with van der Waals surface area (Å²) in [4.78, 5) is 25.3. The van der Waals surface area contributed by atoms with Crippen LogP contribution >= 0.6 is 23.2 Å². The molecule has 0 saturated heterocycles. The molecule has 2 N–H and O–H groups in total. The Balaban J connectivity index is 1.86. The van der Waals surface area contributed by atoms with Gasteiger partial charge in [0.25, 0.3) is 11.8 Å². The van der Waals surface area contributed by atoms with E-state index in [2.05, 4.69) is 10.6 Å². The van der Waals surface area contributed by atoms with Crippen molar-refractivity contribution in [3.8, 4) is 12.1 Å². The van der Waals surface area contributed by atoms with Crippen LogP contribution in [0.25, 0.3) is 0 Å². The van der Waals surface area contributed by atoms with Crippen molar-refractivity contribution >= 4 is 40.7 Å². The Bertz CT molecular complexity index is 1550. The smallest absolute Gasteiger partial charge is 0.348 e. The van der Waals surface area contributed by atoms with Crippen molar-refractivity contribution in [2.24, 2.45) is 0 Å². The highest BCUT2D eigenvalue weighted by molar-refractivity contribution is 6.40. The molecule has 0 fully saturated rings. The van der Waals surface area contributed by atoms with Gasteiger partial charge in [0, 0.05) is 23.2 Å². The van der Waals surface area contributed by atoms with Crippen LogP contribution in [-0.4, -0.2) is 24.2 Å². The van der Waals surface area contributed by atoms with Crippen LogP contribution in [0.5, 0.6) is 0 Å². The third kappa shape index (κ3) is 6.37. The zero-order valence-corrected chi connectivity index (χ0v) is 21.5. The van der Waals surface area contributed by atoms with E-state index in [4.69, 9.17) is 28.5 Å². The molecule has 0 aliphatic rings. The molecule has 0 spiro atoms. The van der Waals surface area contributed by atoms with Gasteiger partial charge in [0.2, 0.25) is 0 Å². The fourth-order valence-corrected chi connectivity index (χ4v) is 4.11. The summed E-state index contributed by atoms with van der Waals surface area (Å²) < 4.78 is 93.1. The number of nitrogens with zero attached hydrogens (tertiary/aromatic N) is 2. The molecule has 0 radical (unpaired) electrons. The van der Waals surface area contributed by atoms with Gasteiger partial charge >= 0.3 is 18.0 Å². The van der Waals surface area contributed by atoms with Gasteiger partial charge < -0.3 is 10.6 Å². The average Bonchev–Trinajstić information content (AvgIpc) is 2.91. The van der Waals surface area contributed by atoms with Crippen LogP contribution in [0.1, 0.15) is 43.0 Å². The number of hydrogen-bond donors (Lipinski definition) is 2. The summed E-state index contributed by atoms with van der Waals surface area (Å²) in [6.45, 7) is -0.230. The fourth-order valence-electron chi connectivity index (χ4n) is 3.53. The van der Waals surface area contributed by atoms with Crippen molar-refractivity contribution in [1.82, 2.24) is 5.32 Å². The zero-order valence-electron chi connectivity index (χ0n) is 20.0. The maximum absolute atomic E-state index is 14.4. The second-order valence-electron chi connectivity index (χ2n) is 8.28. The molecule has 3 aromatic rings. The Morgan fingerprint density at radius 2 is 1.29 bits per heavy atom. The molecule has 15 heteroatoms. The zero-order chi connectivity index (χ0) is 30.8. The molecule has 0 bridgehead atoms. The molecule has 0 aliphatic carbocycles. The van der Waals surface area contributed by atoms with Crippen molar-refractivity contribution in [2.75, 3.05) is 5.32 Å². The van der Waals surface area contributed by atoms with Gasteiger partial charge in [0.1, 0.15) is 0 Å². The molecule has 0 unspecified atom stereocenters. The lowest BCUT2D eigenvalue weighted by molar-refractivity contribution is -0.348. The lowest BCUT2D eigenvalue weighted by atomic mass is 9.94. The third-order valence-electron chi connectivity index (χ3n) is 5.66. The summed E-state index contributed by atoms with van der Waals surface area (Å²) >= 11 is 11.6. The van der Waals surface area contributed by atoms with E-state index in [1.54, 1.807) is 0 Å². The summed E-state index contributed by atoms with van der Waals surface area (Å²) in [5.41, 5.74) is -7.72. The summed E-state index contributed by atoms with van der Waals surface area (Å²) in [5, 5.41) is 21.1. The maximum atomic E-state index is 14.4. The van der Waals surface area contributed by atoms with Crippen LogP contribution in [0.4, 0.5) is 36.4 Å². The Hall–Kier alpha value is -4.33. The number of amides is 2. The van der Waals surface area contributed by atoms with Gasteiger partial charge in [0.15, 0.2) is 0 Å². The van der Waals surface area contributed by atoms with Crippen LogP contribution in [0.2, 0.25) is 10.0 Å². The molecule has 0 aromatic heterocycles. The van der Waals surface area contributed by atoms with Crippen LogP contribution in [-0.2, 0) is 12.2 Å². The summed E-state index contributed by atoms with van der Waals surface area (Å²) in [6.07, 6.45) is -12.8. The molecule has 0 saturated carbocycles. The first kappa shape index (κ1) is 31.2. The van der Waals surface area contributed by atoms with E-state index in [-0.39, 0.29) is 40.9 Å². The Kier molecular flexibility index (Phi) is 8.86. The van der Waals surface area contributed by atoms with E-state index in [1.807, 2.05) is 12.1 Å². The molecule has 2 amide bonds. The van der Waals surface area contributed by atoms with Crippen molar-refractivity contribution in [2.45, 2.75) is 24.6 Å². The number of nitrogens with one attached hydrogen (secondary N) is 2. The molecule has 0 atom stereocenters. The Labute approximate surface area is 236 Å². The number of rotatable bonds is 6. The molecule has 3 rings (SSSR count). The van der Waals surface area contributed by atoms with E-state index in [0.29, 0.717) is 5.56 Å². The topological polar surface area (TPSA) is 106 Å². The van der Waals surface area contributed by atoms with E-state index in [9.17, 15) is 45.6 Å². The van der Waals surface area contributed by atoms with Gasteiger partial charge in [-0.25, -0.2) is 4.39 Å². The predicted molar refractivity (Wildman–Crippen MR) is 133 cm³/mol. The number of hydrogen-bond acceptors (Lipinski definition) is 4. The standard InChI is InChI=1S/C26H13Cl2F7N4O2/c27-19-8-18(24(29,25(30,31)32)26(33,34)35)9-20(28)21(19)39-23(41)15-5-6-16(11-37)17(7-15)12-38-22(40)14-3-1-13(10-36)2-4-14/h1-9H,12H2,(H,38,40)(H,39,41). The quantitative estimate of drug-likeness (QED) is 0.285. The van der Waals surface area contributed by atoms with Gasteiger partial charge in [-0.2, -0.15) is 36.9 Å². The van der Waals surface area contributed by atoms with E-state index < -0.39 is 51.1 Å². The van der Waals surface area contributed by atoms with Gasteiger partial charge in [-0.1, -0.05) is 23.2 Å². The minimum atomic E-state index is -6.41. The van der Waals surface area contributed by atoms with Crippen LogP contribution < -0.4 is 10.6 Å². The van der Waals surface area contributed by atoms with Gasteiger partial charge in [-0.15, -0.1) is 0 Å². The molecule has 212 valence electrons. The van der Waals surface area contributed by atoms with Crippen LogP contribution in [0.15, 0.2) is 54.6 Å². The predicted octanol–water partition coefficient (Wildman–Crippen LogP) is 7.21. The monoisotopic (exact) mass is 616 g/mol. The van der Waals surface area contributed by atoms with Crippen LogP contribution in [0, 0.1) is 22.7 Å². The molecular formula is C26H13Cl2F7N4O2. The number of benzene rings is 3. The molecule has 3 aromatic carbocycles. The van der Waals surface area contributed by atoms with Crippen molar-refractivity contribution in [1.29, 1.82) is 10.5 Å². The largest absolute Gasteiger partial charge is 0.435 e. The second-order valence-corrected chi connectivity index (χ2v) is 9.09. The maximum Gasteiger partial charge on any atom is 0.435 e. The van der Waals surface area contributed by atoms with Gasteiger partial charge in [0.05, 0.1) is 39.0 Å². The minimum absolute atomic E-state index is 0.0485. The number of carbonyl (C=O) groups excluding carboxylic acids is 2. The first-order chi connectivity index (χ1) is 19.0. The van der Waals surface area contributed by atoms with Gasteiger partial charge in [-0.05, 0) is 60.2 Å². The highest BCUT2D eigenvalue weighted by Gasteiger charge is 2.73.